The Morgan fingerprint density at radius 2 is 2.08 bits per heavy atom. The molecular weight excluding hydrogens is 152 g/mol. The molecule has 0 N–H and O–H groups in total. The molecule has 0 spiro atoms. The normalized spacial score (nSPS) is 32.0. The number of rotatable bonds is 2. The summed E-state index contributed by atoms with van der Waals surface area (Å²) in [6, 6.07) is 0. The van der Waals surface area contributed by atoms with Crippen LogP contribution in [0.2, 0.25) is 0 Å². The summed E-state index contributed by atoms with van der Waals surface area (Å²) in [5, 5.41) is 0. The molecule has 0 amide bonds. The Hall–Kier alpha value is -0.790. The maximum atomic E-state index is 11.2. The molecule has 2 atom stereocenters. The van der Waals surface area contributed by atoms with Crippen LogP contribution in [0.15, 0.2) is 12.2 Å². The van der Waals surface area contributed by atoms with E-state index in [1.54, 1.807) is 0 Å². The summed E-state index contributed by atoms with van der Waals surface area (Å²) in [5.74, 6) is 0.358. The SMILES string of the molecule is C/C=C/[C@@H]1[C@@H](C(=O)OC)C1(C)C. The van der Waals surface area contributed by atoms with Gasteiger partial charge in [0.05, 0.1) is 13.0 Å². The second-order valence-corrected chi connectivity index (χ2v) is 3.87. The van der Waals surface area contributed by atoms with Crippen LogP contribution >= 0.6 is 0 Å². The van der Waals surface area contributed by atoms with Gasteiger partial charge in [-0.1, -0.05) is 26.0 Å². The molecule has 12 heavy (non-hydrogen) atoms. The number of ether oxygens (including phenoxy) is 1. The largest absolute Gasteiger partial charge is 0.469 e. The fourth-order valence-corrected chi connectivity index (χ4v) is 1.82. The monoisotopic (exact) mass is 168 g/mol. The van der Waals surface area contributed by atoms with Gasteiger partial charge in [0.2, 0.25) is 0 Å². The minimum absolute atomic E-state index is 0.0682. The molecule has 0 radical (unpaired) electrons. The molecule has 0 unspecified atom stereocenters. The quantitative estimate of drug-likeness (QED) is 0.465. The van der Waals surface area contributed by atoms with Crippen LogP contribution in [0.3, 0.4) is 0 Å². The molecule has 0 aliphatic heterocycles. The molecular formula is C10H16O2. The zero-order valence-corrected chi connectivity index (χ0v) is 8.13. The third kappa shape index (κ3) is 1.26. The lowest BCUT2D eigenvalue weighted by Crippen LogP contribution is -2.07. The molecule has 2 nitrogen and oxygen atoms in total. The maximum absolute atomic E-state index is 11.2. The zero-order chi connectivity index (χ0) is 9.35. The number of hydrogen-bond donors (Lipinski definition) is 0. The van der Waals surface area contributed by atoms with Gasteiger partial charge in [-0.25, -0.2) is 0 Å². The van der Waals surface area contributed by atoms with E-state index in [2.05, 4.69) is 19.9 Å². The highest BCUT2D eigenvalue weighted by atomic mass is 16.5. The molecule has 1 aliphatic rings. The van der Waals surface area contributed by atoms with Crippen molar-refractivity contribution in [3.05, 3.63) is 12.2 Å². The molecule has 0 heterocycles. The molecule has 1 rings (SSSR count). The topological polar surface area (TPSA) is 26.3 Å². The molecule has 1 aliphatic carbocycles. The van der Waals surface area contributed by atoms with Crippen molar-refractivity contribution in [1.29, 1.82) is 0 Å². The van der Waals surface area contributed by atoms with Crippen LogP contribution in [0.25, 0.3) is 0 Å². The van der Waals surface area contributed by atoms with Gasteiger partial charge in [0.25, 0.3) is 0 Å². The highest BCUT2D eigenvalue weighted by molar-refractivity contribution is 5.78. The van der Waals surface area contributed by atoms with Gasteiger partial charge in [0.15, 0.2) is 0 Å². The fourth-order valence-electron chi connectivity index (χ4n) is 1.82. The van der Waals surface area contributed by atoms with E-state index in [0.717, 1.165) is 0 Å². The number of esters is 1. The van der Waals surface area contributed by atoms with Crippen molar-refractivity contribution in [2.75, 3.05) is 7.11 Å². The Morgan fingerprint density at radius 1 is 1.50 bits per heavy atom. The summed E-state index contributed by atoms with van der Waals surface area (Å²) in [7, 11) is 1.45. The van der Waals surface area contributed by atoms with Gasteiger partial charge < -0.3 is 4.74 Å². The minimum Gasteiger partial charge on any atom is -0.469 e. The molecule has 0 saturated heterocycles. The Labute approximate surface area is 73.6 Å². The van der Waals surface area contributed by atoms with Gasteiger partial charge in [0.1, 0.15) is 0 Å². The molecule has 68 valence electrons. The number of methoxy groups -OCH3 is 1. The second kappa shape index (κ2) is 2.92. The predicted molar refractivity (Wildman–Crippen MR) is 47.6 cm³/mol. The van der Waals surface area contributed by atoms with Crippen molar-refractivity contribution >= 4 is 5.97 Å². The van der Waals surface area contributed by atoms with Crippen molar-refractivity contribution in [3.8, 4) is 0 Å². The number of hydrogen-bond acceptors (Lipinski definition) is 2. The van der Waals surface area contributed by atoms with Crippen molar-refractivity contribution < 1.29 is 9.53 Å². The summed E-state index contributed by atoms with van der Waals surface area (Å²) in [5.41, 5.74) is 0.0968. The molecule has 0 bridgehead atoms. The average Bonchev–Trinajstić information content (AvgIpc) is 2.53. The maximum Gasteiger partial charge on any atom is 0.309 e. The molecule has 0 aromatic carbocycles. The zero-order valence-electron chi connectivity index (χ0n) is 8.13. The number of allylic oxidation sites excluding steroid dienone is 2. The van der Waals surface area contributed by atoms with Gasteiger partial charge in [-0.05, 0) is 18.3 Å². The summed E-state index contributed by atoms with van der Waals surface area (Å²) in [6.45, 7) is 6.17. The van der Waals surface area contributed by atoms with Crippen LogP contribution in [0, 0.1) is 17.3 Å². The predicted octanol–water partition coefficient (Wildman–Crippen LogP) is 2.01. The van der Waals surface area contributed by atoms with E-state index in [1.165, 1.54) is 7.11 Å². The summed E-state index contributed by atoms with van der Waals surface area (Å²) >= 11 is 0. The van der Waals surface area contributed by atoms with E-state index in [4.69, 9.17) is 4.74 Å². The fraction of sp³-hybridized carbons (Fsp3) is 0.700. The van der Waals surface area contributed by atoms with Crippen LogP contribution < -0.4 is 0 Å². The van der Waals surface area contributed by atoms with Gasteiger partial charge >= 0.3 is 5.97 Å². The first kappa shape index (κ1) is 9.30. The van der Waals surface area contributed by atoms with Crippen molar-refractivity contribution in [2.24, 2.45) is 17.3 Å². The van der Waals surface area contributed by atoms with E-state index in [0.29, 0.717) is 5.92 Å². The van der Waals surface area contributed by atoms with E-state index in [9.17, 15) is 4.79 Å². The highest BCUT2D eigenvalue weighted by Gasteiger charge is 2.60. The van der Waals surface area contributed by atoms with Crippen LogP contribution in [-0.2, 0) is 9.53 Å². The summed E-state index contributed by atoms with van der Waals surface area (Å²) in [6.07, 6.45) is 4.08. The lowest BCUT2D eigenvalue weighted by molar-refractivity contribution is -0.143. The second-order valence-electron chi connectivity index (χ2n) is 3.87. The van der Waals surface area contributed by atoms with E-state index in [-0.39, 0.29) is 17.3 Å². The third-order valence-corrected chi connectivity index (χ3v) is 2.77. The van der Waals surface area contributed by atoms with Crippen LogP contribution in [0.4, 0.5) is 0 Å². The Balaban J connectivity index is 2.66. The molecule has 2 heteroatoms. The van der Waals surface area contributed by atoms with E-state index in [1.807, 2.05) is 13.0 Å². The molecule has 1 saturated carbocycles. The Bertz CT molecular complexity index is 216. The molecule has 0 aromatic rings. The average molecular weight is 168 g/mol. The van der Waals surface area contributed by atoms with Gasteiger partial charge in [0, 0.05) is 0 Å². The Morgan fingerprint density at radius 3 is 2.50 bits per heavy atom. The van der Waals surface area contributed by atoms with Crippen molar-refractivity contribution in [3.63, 3.8) is 0 Å². The van der Waals surface area contributed by atoms with Crippen LogP contribution in [0.1, 0.15) is 20.8 Å². The van der Waals surface area contributed by atoms with E-state index < -0.39 is 0 Å². The molecule has 1 fully saturated rings. The van der Waals surface area contributed by atoms with Gasteiger partial charge in [-0.15, -0.1) is 0 Å². The van der Waals surface area contributed by atoms with Crippen LogP contribution in [-0.4, -0.2) is 13.1 Å². The molecule has 0 aromatic heterocycles. The first-order valence-electron chi connectivity index (χ1n) is 4.26. The van der Waals surface area contributed by atoms with Crippen molar-refractivity contribution in [2.45, 2.75) is 20.8 Å². The van der Waals surface area contributed by atoms with E-state index >= 15 is 0 Å². The smallest absolute Gasteiger partial charge is 0.309 e. The van der Waals surface area contributed by atoms with Crippen molar-refractivity contribution in [1.82, 2.24) is 0 Å². The Kier molecular flexibility index (Phi) is 2.27. The lowest BCUT2D eigenvalue weighted by Gasteiger charge is -1.98. The minimum atomic E-state index is -0.0805. The first-order valence-corrected chi connectivity index (χ1v) is 4.26. The summed E-state index contributed by atoms with van der Waals surface area (Å²) in [4.78, 5) is 11.2. The number of carbonyl (C=O) groups is 1. The first-order chi connectivity index (χ1) is 5.55. The van der Waals surface area contributed by atoms with Gasteiger partial charge in [-0.2, -0.15) is 0 Å². The standard InChI is InChI=1S/C10H16O2/c1-5-6-7-8(9(11)12-4)10(7,2)3/h5-8H,1-4H3/b6-5+/t7-,8+/m1/s1. The number of carbonyl (C=O) groups excluding carboxylic acids is 1. The summed E-state index contributed by atoms with van der Waals surface area (Å²) < 4.78 is 4.71. The highest BCUT2D eigenvalue weighted by Crippen LogP contribution is 2.59. The van der Waals surface area contributed by atoms with Crippen LogP contribution in [0.5, 0.6) is 0 Å². The lowest BCUT2D eigenvalue weighted by atomic mass is 10.1. The third-order valence-electron chi connectivity index (χ3n) is 2.77. The van der Waals surface area contributed by atoms with Gasteiger partial charge in [-0.3, -0.25) is 4.79 Å².